The zero-order valence-corrected chi connectivity index (χ0v) is 11.4. The van der Waals surface area contributed by atoms with Crippen LogP contribution in [0.5, 0.6) is 0 Å². The molecule has 0 saturated carbocycles. The lowest BCUT2D eigenvalue weighted by Crippen LogP contribution is -2.40. The van der Waals surface area contributed by atoms with Crippen molar-refractivity contribution in [3.63, 3.8) is 0 Å². The first kappa shape index (κ1) is 16.4. The largest absolute Gasteiger partial charge is 0.392 e. The normalized spacial score (nSPS) is 14.4. The Kier molecular flexibility index (Phi) is 9.09. The highest BCUT2D eigenvalue weighted by atomic mass is 16.3. The Morgan fingerprint density at radius 3 is 2.00 bits per heavy atom. The number of hydrogen-bond acceptors (Lipinski definition) is 3. The average molecular weight is 245 g/mol. The maximum atomic E-state index is 11.9. The van der Waals surface area contributed by atoms with Gasteiger partial charge >= 0.3 is 0 Å². The molecule has 2 N–H and O–H groups in total. The van der Waals surface area contributed by atoms with Gasteiger partial charge in [-0.2, -0.15) is 0 Å². The van der Waals surface area contributed by atoms with Crippen molar-refractivity contribution in [1.29, 1.82) is 0 Å². The van der Waals surface area contributed by atoms with Gasteiger partial charge in [0.05, 0.1) is 12.2 Å². The van der Waals surface area contributed by atoms with Gasteiger partial charge in [0.2, 0.25) is 5.91 Å². The van der Waals surface area contributed by atoms with E-state index in [1.54, 1.807) is 18.7 Å². The number of hydrogen-bond donors (Lipinski definition) is 2. The topological polar surface area (TPSA) is 60.8 Å². The Morgan fingerprint density at radius 1 is 1.06 bits per heavy atom. The van der Waals surface area contributed by atoms with Gasteiger partial charge in [-0.25, -0.2) is 0 Å². The fourth-order valence-corrected chi connectivity index (χ4v) is 1.78. The summed E-state index contributed by atoms with van der Waals surface area (Å²) in [5.74, 6) is 0.0305. The van der Waals surface area contributed by atoms with Crippen molar-refractivity contribution in [2.75, 3.05) is 13.1 Å². The SMILES string of the molecule is CCCCCCC(=O)N(CC(C)O)CC(C)O. The molecule has 0 saturated heterocycles. The smallest absolute Gasteiger partial charge is 0.222 e. The third kappa shape index (κ3) is 9.12. The second-order valence-electron chi connectivity index (χ2n) is 4.81. The van der Waals surface area contributed by atoms with Crippen molar-refractivity contribution in [1.82, 2.24) is 4.90 Å². The molecular formula is C13H27NO3. The third-order valence-corrected chi connectivity index (χ3v) is 2.57. The molecule has 0 aromatic heterocycles. The summed E-state index contributed by atoms with van der Waals surface area (Å²) in [6.07, 6.45) is 3.68. The summed E-state index contributed by atoms with van der Waals surface area (Å²) in [6.45, 7) is 6.04. The lowest BCUT2D eigenvalue weighted by atomic mass is 10.1. The Hall–Kier alpha value is -0.610. The minimum absolute atomic E-state index is 0.0305. The van der Waals surface area contributed by atoms with Gasteiger partial charge in [-0.1, -0.05) is 26.2 Å². The van der Waals surface area contributed by atoms with Crippen LogP contribution in [0, 0.1) is 0 Å². The van der Waals surface area contributed by atoms with Gasteiger partial charge in [0.25, 0.3) is 0 Å². The highest BCUT2D eigenvalue weighted by Gasteiger charge is 2.16. The summed E-state index contributed by atoms with van der Waals surface area (Å²) >= 11 is 0. The van der Waals surface area contributed by atoms with Gasteiger partial charge in [0.15, 0.2) is 0 Å². The molecule has 4 heteroatoms. The Labute approximate surface area is 105 Å². The molecule has 2 unspecified atom stereocenters. The first-order valence-electron chi connectivity index (χ1n) is 6.61. The van der Waals surface area contributed by atoms with Gasteiger partial charge in [-0.3, -0.25) is 4.79 Å². The third-order valence-electron chi connectivity index (χ3n) is 2.57. The summed E-state index contributed by atoms with van der Waals surface area (Å²) in [5, 5.41) is 18.6. The molecule has 17 heavy (non-hydrogen) atoms. The van der Waals surface area contributed by atoms with Crippen LogP contribution >= 0.6 is 0 Å². The van der Waals surface area contributed by atoms with E-state index >= 15 is 0 Å². The lowest BCUT2D eigenvalue weighted by molar-refractivity contribution is -0.134. The van der Waals surface area contributed by atoms with E-state index < -0.39 is 12.2 Å². The molecule has 0 radical (unpaired) electrons. The van der Waals surface area contributed by atoms with Crippen LogP contribution in [0.3, 0.4) is 0 Å². The number of rotatable bonds is 9. The van der Waals surface area contributed by atoms with E-state index in [0.717, 1.165) is 25.7 Å². The zero-order valence-electron chi connectivity index (χ0n) is 11.4. The molecule has 0 spiro atoms. The van der Waals surface area contributed by atoms with Crippen LogP contribution in [0.15, 0.2) is 0 Å². The number of amides is 1. The van der Waals surface area contributed by atoms with Crippen molar-refractivity contribution in [3.8, 4) is 0 Å². The predicted octanol–water partition coefficient (Wildman–Crippen LogP) is 1.55. The summed E-state index contributed by atoms with van der Waals surface area (Å²) in [4.78, 5) is 13.4. The second kappa shape index (κ2) is 9.42. The van der Waals surface area contributed by atoms with E-state index in [0.29, 0.717) is 19.5 Å². The molecule has 0 fully saturated rings. The van der Waals surface area contributed by atoms with Crippen LogP contribution < -0.4 is 0 Å². The molecule has 0 aliphatic carbocycles. The van der Waals surface area contributed by atoms with Crippen molar-refractivity contribution in [2.45, 2.75) is 65.1 Å². The average Bonchev–Trinajstić information content (AvgIpc) is 2.22. The number of aliphatic hydroxyl groups excluding tert-OH is 2. The summed E-state index contributed by atoms with van der Waals surface area (Å²) in [5.41, 5.74) is 0. The number of carbonyl (C=O) groups excluding carboxylic acids is 1. The van der Waals surface area contributed by atoms with Crippen LogP contribution in [0.25, 0.3) is 0 Å². The Balaban J connectivity index is 4.03. The van der Waals surface area contributed by atoms with E-state index in [1.807, 2.05) is 0 Å². The molecule has 0 rings (SSSR count). The minimum atomic E-state index is -0.548. The summed E-state index contributed by atoms with van der Waals surface area (Å²) < 4.78 is 0. The van der Waals surface area contributed by atoms with Crippen LogP contribution in [-0.4, -0.2) is 46.3 Å². The number of carbonyl (C=O) groups is 1. The molecule has 2 atom stereocenters. The summed E-state index contributed by atoms with van der Waals surface area (Å²) in [6, 6.07) is 0. The first-order chi connectivity index (χ1) is 7.97. The van der Waals surface area contributed by atoms with E-state index in [2.05, 4.69) is 6.92 Å². The van der Waals surface area contributed by atoms with E-state index in [1.165, 1.54) is 0 Å². The minimum Gasteiger partial charge on any atom is -0.392 e. The highest BCUT2D eigenvalue weighted by Crippen LogP contribution is 2.06. The van der Waals surface area contributed by atoms with Gasteiger partial charge in [-0.05, 0) is 20.3 Å². The fourth-order valence-electron chi connectivity index (χ4n) is 1.78. The molecule has 4 nitrogen and oxygen atoms in total. The molecule has 0 bridgehead atoms. The summed E-state index contributed by atoms with van der Waals surface area (Å²) in [7, 11) is 0. The molecule has 0 aliphatic heterocycles. The molecule has 1 amide bonds. The second-order valence-corrected chi connectivity index (χ2v) is 4.81. The van der Waals surface area contributed by atoms with Crippen molar-refractivity contribution in [2.24, 2.45) is 0 Å². The van der Waals surface area contributed by atoms with Crippen molar-refractivity contribution in [3.05, 3.63) is 0 Å². The first-order valence-corrected chi connectivity index (χ1v) is 6.61. The van der Waals surface area contributed by atoms with E-state index in [-0.39, 0.29) is 5.91 Å². The zero-order chi connectivity index (χ0) is 13.3. The van der Waals surface area contributed by atoms with Gasteiger partial charge in [0.1, 0.15) is 0 Å². The van der Waals surface area contributed by atoms with E-state index in [9.17, 15) is 15.0 Å². The van der Waals surface area contributed by atoms with Crippen LogP contribution in [0.1, 0.15) is 52.9 Å². The van der Waals surface area contributed by atoms with Crippen LogP contribution in [0.4, 0.5) is 0 Å². The molecule has 0 aromatic rings. The molecular weight excluding hydrogens is 218 g/mol. The van der Waals surface area contributed by atoms with Crippen molar-refractivity contribution >= 4 is 5.91 Å². The fraction of sp³-hybridized carbons (Fsp3) is 0.923. The molecule has 0 aromatic carbocycles. The van der Waals surface area contributed by atoms with Crippen LogP contribution in [0.2, 0.25) is 0 Å². The van der Waals surface area contributed by atoms with Gasteiger partial charge in [-0.15, -0.1) is 0 Å². The highest BCUT2D eigenvalue weighted by molar-refractivity contribution is 5.76. The maximum absolute atomic E-state index is 11.9. The standard InChI is InChI=1S/C13H27NO3/c1-4-5-6-7-8-13(17)14(9-11(2)15)10-12(3)16/h11-12,15-16H,4-10H2,1-3H3. The lowest BCUT2D eigenvalue weighted by Gasteiger charge is -2.25. The Morgan fingerprint density at radius 2 is 1.59 bits per heavy atom. The maximum Gasteiger partial charge on any atom is 0.222 e. The quantitative estimate of drug-likeness (QED) is 0.606. The predicted molar refractivity (Wildman–Crippen MR) is 68.7 cm³/mol. The van der Waals surface area contributed by atoms with E-state index in [4.69, 9.17) is 0 Å². The van der Waals surface area contributed by atoms with Gasteiger partial charge < -0.3 is 15.1 Å². The number of nitrogens with zero attached hydrogens (tertiary/aromatic N) is 1. The monoisotopic (exact) mass is 245 g/mol. The van der Waals surface area contributed by atoms with Gasteiger partial charge in [0, 0.05) is 19.5 Å². The van der Waals surface area contributed by atoms with Crippen molar-refractivity contribution < 1.29 is 15.0 Å². The molecule has 0 aliphatic rings. The Bertz CT molecular complexity index is 195. The molecule has 0 heterocycles. The molecule has 102 valence electrons. The number of unbranched alkanes of at least 4 members (excludes halogenated alkanes) is 3. The van der Waals surface area contributed by atoms with Crippen LogP contribution in [-0.2, 0) is 4.79 Å². The number of aliphatic hydroxyl groups is 2.